The van der Waals surface area contributed by atoms with Crippen molar-refractivity contribution >= 4 is 8.80 Å². The first-order chi connectivity index (χ1) is 8.64. The molecular formula is C12H26O5Si. The van der Waals surface area contributed by atoms with Crippen LogP contribution in [0, 0.1) is 5.41 Å². The first kappa shape index (κ1) is 16.1. The van der Waals surface area contributed by atoms with Crippen molar-refractivity contribution in [2.24, 2.45) is 5.41 Å². The number of rotatable bonds is 9. The van der Waals surface area contributed by atoms with Crippen molar-refractivity contribution in [1.29, 1.82) is 0 Å². The van der Waals surface area contributed by atoms with Gasteiger partial charge >= 0.3 is 8.80 Å². The van der Waals surface area contributed by atoms with Gasteiger partial charge in [-0.1, -0.05) is 6.92 Å². The maximum atomic E-state index is 5.66. The fourth-order valence-electron chi connectivity index (χ4n) is 2.79. The summed E-state index contributed by atoms with van der Waals surface area (Å²) < 4.78 is 27.6. The molecule has 1 unspecified atom stereocenters. The van der Waals surface area contributed by atoms with E-state index in [1.165, 1.54) is 0 Å². The fourth-order valence-corrected chi connectivity index (χ4v) is 5.73. The van der Waals surface area contributed by atoms with E-state index in [9.17, 15) is 0 Å². The van der Waals surface area contributed by atoms with Gasteiger partial charge in [0.2, 0.25) is 0 Å². The van der Waals surface area contributed by atoms with Crippen LogP contribution in [0.4, 0.5) is 0 Å². The molecular weight excluding hydrogens is 252 g/mol. The largest absolute Gasteiger partial charge is 0.504 e. The number of hydrogen-bond acceptors (Lipinski definition) is 5. The minimum Gasteiger partial charge on any atom is -0.385 e. The maximum Gasteiger partial charge on any atom is 0.504 e. The Kier molecular flexibility index (Phi) is 6.23. The first-order valence-corrected chi connectivity index (χ1v) is 8.17. The van der Waals surface area contributed by atoms with Crippen molar-refractivity contribution in [2.45, 2.75) is 25.3 Å². The van der Waals surface area contributed by atoms with E-state index in [2.05, 4.69) is 6.92 Å². The normalized spacial score (nSPS) is 20.5. The fraction of sp³-hybridized carbons (Fsp3) is 1.00. The van der Waals surface area contributed by atoms with Crippen molar-refractivity contribution in [1.82, 2.24) is 0 Å². The summed E-state index contributed by atoms with van der Waals surface area (Å²) in [5.41, 5.74) is 0.316. The first-order valence-electron chi connectivity index (χ1n) is 6.36. The molecule has 0 amide bonds. The van der Waals surface area contributed by atoms with Crippen LogP contribution in [0.5, 0.6) is 0 Å². The van der Waals surface area contributed by atoms with Crippen molar-refractivity contribution in [3.8, 4) is 0 Å². The summed E-state index contributed by atoms with van der Waals surface area (Å²) in [6.07, 6.45) is 1.90. The van der Waals surface area contributed by atoms with E-state index in [1.807, 2.05) is 0 Å². The van der Waals surface area contributed by atoms with E-state index >= 15 is 0 Å². The third-order valence-corrected chi connectivity index (χ3v) is 7.58. The lowest BCUT2D eigenvalue weighted by Crippen LogP contribution is -2.59. The summed E-state index contributed by atoms with van der Waals surface area (Å²) in [4.78, 5) is 0. The molecule has 1 atom stereocenters. The predicted octanol–water partition coefficient (Wildman–Crippen LogP) is 1.70. The van der Waals surface area contributed by atoms with Crippen LogP contribution in [0.3, 0.4) is 0 Å². The standard InChI is InChI=1S/C12H26O5Si/c1-6-12(9-17-10-12)11(7-8-13-2)18(14-3,15-4)16-5/h11H,6-10H2,1-5H3. The van der Waals surface area contributed by atoms with Gasteiger partial charge in [-0.3, -0.25) is 0 Å². The Morgan fingerprint density at radius 3 is 1.94 bits per heavy atom. The van der Waals surface area contributed by atoms with Gasteiger partial charge in [0, 0.05) is 46.0 Å². The number of hydrogen-bond donors (Lipinski definition) is 0. The Bertz CT molecular complexity index is 227. The minimum absolute atomic E-state index is 0.104. The SMILES string of the molecule is CCC1(C(CCOC)[Si](OC)(OC)OC)COC1. The molecule has 1 saturated heterocycles. The van der Waals surface area contributed by atoms with Gasteiger partial charge in [-0.2, -0.15) is 0 Å². The van der Waals surface area contributed by atoms with E-state index in [0.29, 0.717) is 6.61 Å². The average Bonchev–Trinajstić information content (AvgIpc) is 2.36. The lowest BCUT2D eigenvalue weighted by Gasteiger charge is -2.50. The lowest BCUT2D eigenvalue weighted by atomic mass is 9.78. The highest BCUT2D eigenvalue weighted by Gasteiger charge is 2.59. The summed E-state index contributed by atoms with van der Waals surface area (Å²) >= 11 is 0. The van der Waals surface area contributed by atoms with Gasteiger partial charge in [-0.05, 0) is 12.8 Å². The van der Waals surface area contributed by atoms with Crippen molar-refractivity contribution < 1.29 is 22.8 Å². The van der Waals surface area contributed by atoms with Crippen LogP contribution in [0.1, 0.15) is 19.8 Å². The van der Waals surface area contributed by atoms with E-state index in [0.717, 1.165) is 26.1 Å². The van der Waals surface area contributed by atoms with Crippen molar-refractivity contribution in [3.05, 3.63) is 0 Å². The minimum atomic E-state index is -2.67. The Morgan fingerprint density at radius 1 is 1.11 bits per heavy atom. The topological polar surface area (TPSA) is 46.2 Å². The van der Waals surface area contributed by atoms with Crippen molar-refractivity contribution in [3.63, 3.8) is 0 Å². The van der Waals surface area contributed by atoms with Gasteiger partial charge in [0.15, 0.2) is 0 Å². The van der Waals surface area contributed by atoms with E-state index in [-0.39, 0.29) is 11.0 Å². The molecule has 0 spiro atoms. The molecule has 0 aromatic carbocycles. The molecule has 1 fully saturated rings. The number of ether oxygens (including phenoxy) is 2. The third-order valence-electron chi connectivity index (χ3n) is 4.11. The van der Waals surface area contributed by atoms with Crippen LogP contribution in [0.25, 0.3) is 0 Å². The zero-order valence-electron chi connectivity index (χ0n) is 12.2. The zero-order valence-corrected chi connectivity index (χ0v) is 13.2. The van der Waals surface area contributed by atoms with Gasteiger partial charge in [-0.25, -0.2) is 0 Å². The van der Waals surface area contributed by atoms with Crippen LogP contribution >= 0.6 is 0 Å². The molecule has 0 aromatic rings. The molecule has 1 aliphatic heterocycles. The van der Waals surface area contributed by atoms with Crippen LogP contribution in [-0.2, 0) is 22.8 Å². The molecule has 108 valence electrons. The summed E-state index contributed by atoms with van der Waals surface area (Å²) in [5.74, 6) is 0. The molecule has 0 radical (unpaired) electrons. The van der Waals surface area contributed by atoms with Crippen LogP contribution in [0.2, 0.25) is 5.54 Å². The quantitative estimate of drug-likeness (QED) is 0.601. The molecule has 18 heavy (non-hydrogen) atoms. The van der Waals surface area contributed by atoms with Crippen LogP contribution in [-0.4, -0.2) is 57.1 Å². The average molecular weight is 278 g/mol. The van der Waals surface area contributed by atoms with Crippen LogP contribution < -0.4 is 0 Å². The molecule has 5 nitrogen and oxygen atoms in total. The Labute approximate surface area is 111 Å². The molecule has 1 rings (SSSR count). The Morgan fingerprint density at radius 2 is 1.67 bits per heavy atom. The molecule has 0 aliphatic carbocycles. The molecule has 1 heterocycles. The highest BCUT2D eigenvalue weighted by molar-refractivity contribution is 6.62. The van der Waals surface area contributed by atoms with Gasteiger partial charge < -0.3 is 22.8 Å². The van der Waals surface area contributed by atoms with Gasteiger partial charge in [-0.15, -0.1) is 0 Å². The molecule has 0 N–H and O–H groups in total. The number of methoxy groups -OCH3 is 1. The Hall–Kier alpha value is 0.0169. The van der Waals surface area contributed by atoms with Crippen LogP contribution in [0.15, 0.2) is 0 Å². The molecule has 0 saturated carbocycles. The van der Waals surface area contributed by atoms with Crippen molar-refractivity contribution in [2.75, 3.05) is 48.3 Å². The second-order valence-corrected chi connectivity index (χ2v) is 7.89. The van der Waals surface area contributed by atoms with E-state index in [1.54, 1.807) is 28.4 Å². The lowest BCUT2D eigenvalue weighted by molar-refractivity contribution is -0.132. The molecule has 0 bridgehead atoms. The Balaban J connectivity index is 2.94. The third kappa shape index (κ3) is 2.78. The van der Waals surface area contributed by atoms with Gasteiger partial charge in [0.1, 0.15) is 0 Å². The summed E-state index contributed by atoms with van der Waals surface area (Å²) in [6, 6.07) is 0. The maximum absolute atomic E-state index is 5.66. The highest BCUT2D eigenvalue weighted by atomic mass is 28.4. The second-order valence-electron chi connectivity index (χ2n) is 4.76. The summed E-state index contributed by atoms with van der Waals surface area (Å²) in [5, 5.41) is 0. The van der Waals surface area contributed by atoms with E-state index < -0.39 is 8.80 Å². The van der Waals surface area contributed by atoms with E-state index in [4.69, 9.17) is 22.8 Å². The smallest absolute Gasteiger partial charge is 0.385 e. The predicted molar refractivity (Wildman–Crippen MR) is 70.6 cm³/mol. The van der Waals surface area contributed by atoms with Gasteiger partial charge in [0.05, 0.1) is 13.2 Å². The molecule has 6 heteroatoms. The summed E-state index contributed by atoms with van der Waals surface area (Å²) in [7, 11) is 4.05. The second kappa shape index (κ2) is 6.98. The van der Waals surface area contributed by atoms with Gasteiger partial charge in [0.25, 0.3) is 0 Å². The summed E-state index contributed by atoms with van der Waals surface area (Å²) in [6.45, 7) is 4.37. The molecule has 0 aromatic heterocycles. The highest BCUT2D eigenvalue weighted by Crippen LogP contribution is 2.50. The zero-order chi connectivity index (χ0) is 13.6. The monoisotopic (exact) mass is 278 g/mol. The molecule has 1 aliphatic rings.